The molecular weight excluding hydrogens is 312 g/mol. The molecule has 0 aromatic heterocycles. The first-order chi connectivity index (χ1) is 10.9. The topological polar surface area (TPSA) is 57.7 Å². The summed E-state index contributed by atoms with van der Waals surface area (Å²) >= 11 is 0. The Morgan fingerprint density at radius 3 is 2.78 bits per heavy atom. The highest BCUT2D eigenvalue weighted by Gasteiger charge is 2.38. The lowest BCUT2D eigenvalue weighted by Gasteiger charge is -2.34. The summed E-state index contributed by atoms with van der Waals surface area (Å²) in [6, 6.07) is 8.13. The maximum atomic E-state index is 13.0. The third-order valence-electron chi connectivity index (χ3n) is 4.94. The number of rotatable bonds is 3. The summed E-state index contributed by atoms with van der Waals surface area (Å²) in [4.78, 5) is 14.9. The molecule has 2 aliphatic heterocycles. The van der Waals surface area contributed by atoms with Crippen LogP contribution in [0.1, 0.15) is 32.3 Å². The van der Waals surface area contributed by atoms with Crippen LogP contribution in [0.25, 0.3) is 0 Å². The molecule has 1 aromatic carbocycles. The van der Waals surface area contributed by atoms with Gasteiger partial charge in [-0.1, -0.05) is 18.2 Å². The number of carbonyl (C=O) groups excluding carboxylic acids is 1. The van der Waals surface area contributed by atoms with Gasteiger partial charge in [-0.15, -0.1) is 0 Å². The number of anilines is 1. The van der Waals surface area contributed by atoms with Crippen LogP contribution in [0.4, 0.5) is 5.69 Å². The van der Waals surface area contributed by atoms with Crippen LogP contribution in [0.5, 0.6) is 0 Å². The number of para-hydroxylation sites is 1. The SMILES string of the molecule is CCS(=O)(=O)N1CCC[C@H](C(=O)N2c3ccccc3C[C@@H]2C)C1. The van der Waals surface area contributed by atoms with E-state index in [4.69, 9.17) is 0 Å². The molecule has 1 amide bonds. The molecule has 1 saturated heterocycles. The van der Waals surface area contributed by atoms with Gasteiger partial charge in [-0.25, -0.2) is 12.7 Å². The summed E-state index contributed by atoms with van der Waals surface area (Å²) in [6.07, 6.45) is 2.38. The van der Waals surface area contributed by atoms with Gasteiger partial charge >= 0.3 is 0 Å². The van der Waals surface area contributed by atoms with E-state index in [-0.39, 0.29) is 23.6 Å². The van der Waals surface area contributed by atoms with Crippen molar-refractivity contribution >= 4 is 21.6 Å². The lowest BCUT2D eigenvalue weighted by molar-refractivity contribution is -0.123. The van der Waals surface area contributed by atoms with Crippen LogP contribution in [0.2, 0.25) is 0 Å². The minimum Gasteiger partial charge on any atom is -0.309 e. The van der Waals surface area contributed by atoms with Gasteiger partial charge in [0, 0.05) is 24.8 Å². The summed E-state index contributed by atoms with van der Waals surface area (Å²) in [5, 5.41) is 0. The average Bonchev–Trinajstić information content (AvgIpc) is 2.90. The molecule has 0 aliphatic carbocycles. The standard InChI is InChI=1S/C17H24N2O3S/c1-3-23(21,22)18-10-6-8-15(12-18)17(20)19-13(2)11-14-7-4-5-9-16(14)19/h4-5,7,9,13,15H,3,6,8,10-12H2,1-2H3/t13-,15-/m0/s1. The fourth-order valence-corrected chi connectivity index (χ4v) is 4.86. The van der Waals surface area contributed by atoms with Crippen molar-refractivity contribution in [1.82, 2.24) is 4.31 Å². The van der Waals surface area contributed by atoms with Crippen LogP contribution in [0.3, 0.4) is 0 Å². The third-order valence-corrected chi connectivity index (χ3v) is 6.78. The highest BCUT2D eigenvalue weighted by Crippen LogP contribution is 2.34. The molecule has 0 spiro atoms. The summed E-state index contributed by atoms with van der Waals surface area (Å²) in [7, 11) is -3.22. The second-order valence-corrected chi connectivity index (χ2v) is 8.75. The normalized spacial score (nSPS) is 25.4. The van der Waals surface area contributed by atoms with E-state index in [9.17, 15) is 13.2 Å². The fraction of sp³-hybridized carbons (Fsp3) is 0.588. The van der Waals surface area contributed by atoms with Gasteiger partial charge in [-0.2, -0.15) is 0 Å². The number of nitrogens with zero attached hydrogens (tertiary/aromatic N) is 2. The van der Waals surface area contributed by atoms with E-state index in [1.54, 1.807) is 6.92 Å². The number of carbonyl (C=O) groups is 1. The van der Waals surface area contributed by atoms with Gasteiger partial charge in [-0.3, -0.25) is 4.79 Å². The molecule has 2 heterocycles. The van der Waals surface area contributed by atoms with Crippen LogP contribution < -0.4 is 4.90 Å². The van der Waals surface area contributed by atoms with Gasteiger partial charge in [0.1, 0.15) is 0 Å². The molecule has 0 unspecified atom stereocenters. The van der Waals surface area contributed by atoms with E-state index >= 15 is 0 Å². The maximum Gasteiger partial charge on any atom is 0.231 e. The van der Waals surface area contributed by atoms with Crippen LogP contribution in [-0.2, 0) is 21.2 Å². The average molecular weight is 336 g/mol. The Morgan fingerprint density at radius 2 is 2.04 bits per heavy atom. The van der Waals surface area contributed by atoms with E-state index in [2.05, 4.69) is 13.0 Å². The quantitative estimate of drug-likeness (QED) is 0.848. The molecule has 126 valence electrons. The molecule has 0 bridgehead atoms. The molecule has 23 heavy (non-hydrogen) atoms. The molecular formula is C17H24N2O3S. The molecule has 0 N–H and O–H groups in total. The second kappa shape index (κ2) is 6.24. The van der Waals surface area contributed by atoms with Gasteiger partial charge in [-0.05, 0) is 44.7 Å². The van der Waals surface area contributed by atoms with Crippen molar-refractivity contribution in [1.29, 1.82) is 0 Å². The van der Waals surface area contributed by atoms with E-state index < -0.39 is 10.0 Å². The van der Waals surface area contributed by atoms with Crippen molar-refractivity contribution in [3.05, 3.63) is 29.8 Å². The first-order valence-corrected chi connectivity index (χ1v) is 9.93. The number of hydrogen-bond acceptors (Lipinski definition) is 3. The van der Waals surface area contributed by atoms with E-state index in [0.717, 1.165) is 24.9 Å². The van der Waals surface area contributed by atoms with Crippen molar-refractivity contribution in [2.45, 2.75) is 39.2 Å². The number of sulfonamides is 1. The predicted molar refractivity (Wildman–Crippen MR) is 90.9 cm³/mol. The zero-order chi connectivity index (χ0) is 16.6. The van der Waals surface area contributed by atoms with Crippen LogP contribution in [-0.4, -0.2) is 43.5 Å². The third kappa shape index (κ3) is 3.02. The highest BCUT2D eigenvalue weighted by atomic mass is 32.2. The van der Waals surface area contributed by atoms with Crippen molar-refractivity contribution < 1.29 is 13.2 Å². The predicted octanol–water partition coefficient (Wildman–Crippen LogP) is 2.03. The first kappa shape index (κ1) is 16.5. The molecule has 2 atom stereocenters. The largest absolute Gasteiger partial charge is 0.309 e. The van der Waals surface area contributed by atoms with E-state index in [0.29, 0.717) is 13.1 Å². The Kier molecular flexibility index (Phi) is 4.47. The Morgan fingerprint density at radius 1 is 1.30 bits per heavy atom. The summed E-state index contributed by atoms with van der Waals surface area (Å²) in [6.45, 7) is 4.56. The van der Waals surface area contributed by atoms with Crippen molar-refractivity contribution in [3.8, 4) is 0 Å². The molecule has 1 aromatic rings. The molecule has 3 rings (SSSR count). The Balaban J connectivity index is 1.81. The zero-order valence-electron chi connectivity index (χ0n) is 13.7. The van der Waals surface area contributed by atoms with Crippen LogP contribution in [0, 0.1) is 5.92 Å². The Bertz CT molecular complexity index is 702. The highest BCUT2D eigenvalue weighted by molar-refractivity contribution is 7.89. The second-order valence-electron chi connectivity index (χ2n) is 6.49. The van der Waals surface area contributed by atoms with Crippen molar-refractivity contribution in [2.75, 3.05) is 23.7 Å². The molecule has 6 heteroatoms. The number of piperidine rings is 1. The summed E-state index contributed by atoms with van der Waals surface area (Å²) in [5.74, 6) is -0.0752. The summed E-state index contributed by atoms with van der Waals surface area (Å²) in [5.41, 5.74) is 2.18. The van der Waals surface area contributed by atoms with Crippen LogP contribution in [0.15, 0.2) is 24.3 Å². The van der Waals surface area contributed by atoms with Crippen molar-refractivity contribution in [3.63, 3.8) is 0 Å². The van der Waals surface area contributed by atoms with Gasteiger partial charge in [0.2, 0.25) is 15.9 Å². The number of benzene rings is 1. The molecule has 1 fully saturated rings. The van der Waals surface area contributed by atoms with E-state index in [1.165, 1.54) is 9.87 Å². The fourth-order valence-electron chi connectivity index (χ4n) is 3.68. The van der Waals surface area contributed by atoms with Gasteiger partial charge in [0.25, 0.3) is 0 Å². The van der Waals surface area contributed by atoms with Crippen LogP contribution >= 0.6 is 0 Å². The molecule has 2 aliphatic rings. The molecule has 0 saturated carbocycles. The Hall–Kier alpha value is -1.40. The number of hydrogen-bond donors (Lipinski definition) is 0. The maximum absolute atomic E-state index is 13.0. The van der Waals surface area contributed by atoms with Gasteiger partial charge in [0.15, 0.2) is 0 Å². The minimum atomic E-state index is -3.22. The molecule has 0 radical (unpaired) electrons. The van der Waals surface area contributed by atoms with Gasteiger partial charge < -0.3 is 4.90 Å². The smallest absolute Gasteiger partial charge is 0.231 e. The lowest BCUT2D eigenvalue weighted by Crippen LogP contribution is -2.48. The minimum absolute atomic E-state index is 0.0680. The number of fused-ring (bicyclic) bond motifs is 1. The lowest BCUT2D eigenvalue weighted by atomic mass is 9.97. The van der Waals surface area contributed by atoms with Crippen molar-refractivity contribution in [2.24, 2.45) is 5.92 Å². The van der Waals surface area contributed by atoms with Gasteiger partial charge in [0.05, 0.1) is 11.7 Å². The Labute approximate surface area is 138 Å². The number of amides is 1. The molecule has 5 nitrogen and oxygen atoms in total. The zero-order valence-corrected chi connectivity index (χ0v) is 14.6. The monoisotopic (exact) mass is 336 g/mol. The van der Waals surface area contributed by atoms with E-state index in [1.807, 2.05) is 23.1 Å². The first-order valence-electron chi connectivity index (χ1n) is 8.33. The summed E-state index contributed by atoms with van der Waals surface area (Å²) < 4.78 is 25.7.